The van der Waals surface area contributed by atoms with Crippen molar-refractivity contribution in [1.82, 2.24) is 0 Å². The van der Waals surface area contributed by atoms with E-state index in [1.807, 2.05) is 30.3 Å². The summed E-state index contributed by atoms with van der Waals surface area (Å²) in [7, 11) is -6.30. The van der Waals surface area contributed by atoms with Crippen LogP contribution in [0.25, 0.3) is 11.1 Å². The molecule has 0 saturated heterocycles. The van der Waals surface area contributed by atoms with E-state index in [-0.39, 0.29) is 40.6 Å². The third-order valence-corrected chi connectivity index (χ3v) is 12.6. The number of benzene rings is 3. The molecule has 0 aliphatic heterocycles. The van der Waals surface area contributed by atoms with Crippen molar-refractivity contribution in [3.63, 3.8) is 0 Å². The fourth-order valence-corrected chi connectivity index (χ4v) is 10.4. The molecular weight excluding hydrogens is 787 g/mol. The fourth-order valence-electron chi connectivity index (χ4n) is 6.45. The molecule has 286 valence electrons. The topological polar surface area (TPSA) is 75.7 Å². The van der Waals surface area contributed by atoms with Gasteiger partial charge >= 0.3 is 5.51 Å². The van der Waals surface area contributed by atoms with Gasteiger partial charge in [-0.1, -0.05) is 95.0 Å². The first-order valence-corrected chi connectivity index (χ1v) is 20.3. The van der Waals surface area contributed by atoms with E-state index in [1.165, 1.54) is 69.8 Å². The van der Waals surface area contributed by atoms with Gasteiger partial charge in [0.2, 0.25) is 0 Å². The Bertz CT molecular complexity index is 1510. The summed E-state index contributed by atoms with van der Waals surface area (Å²) in [6.07, 6.45) is 18.6. The molecule has 3 aromatic rings. The first-order valence-electron chi connectivity index (χ1n) is 17.4. The van der Waals surface area contributed by atoms with E-state index < -0.39 is 15.6 Å². The molecule has 0 N–H and O–H groups in total. The number of ether oxygens (including phenoxy) is 2. The number of halogens is 3. The Labute approximate surface area is 319 Å². The van der Waals surface area contributed by atoms with Gasteiger partial charge in [-0.2, -0.15) is 25.3 Å². The first-order chi connectivity index (χ1) is 23.7. The second kappa shape index (κ2) is 22.0. The fraction of sp³-hybridized carbons (Fsp3) is 0.475. The summed E-state index contributed by atoms with van der Waals surface area (Å²) in [4.78, 5) is 0. The standard InChI is InChI=1S/C30H43O2P.C9H7.CHF3O3S.Pd/c1-22(2)31-27-19-13-20-28(32-23(3)4)30(27)26-18-11-12-21-29(26)33(24-14-7-5-8-15-24)25-16-9-6-10-17-25;1-2-6-9-7-4-3-5-8-9;2-1(3,4)8(5,6)7;/h11-13,18-25H,5-10,14-17H2,1-4H3;1,3-8H;(H,5,6,7);/q;-3;;/p-1. The van der Waals surface area contributed by atoms with Crippen LogP contribution in [0.15, 0.2) is 72.8 Å². The molecule has 0 atom stereocenters. The first kappa shape index (κ1) is 44.8. The molecule has 0 radical (unpaired) electrons. The average molecular weight is 837 g/mol. The molecule has 3 aromatic carbocycles. The quantitative estimate of drug-likeness (QED) is 0.0668. The van der Waals surface area contributed by atoms with E-state index in [2.05, 4.69) is 76.2 Å². The van der Waals surface area contributed by atoms with Gasteiger partial charge in [-0.05, 0) is 87.7 Å². The summed E-state index contributed by atoms with van der Waals surface area (Å²) in [5.41, 5.74) is -0.315. The van der Waals surface area contributed by atoms with E-state index in [1.54, 1.807) is 11.7 Å². The van der Waals surface area contributed by atoms with Crippen LogP contribution in [0.1, 0.15) is 97.5 Å². The Kier molecular flexibility index (Phi) is 19.3. The summed E-state index contributed by atoms with van der Waals surface area (Å²) in [5, 5.41) is 1.60. The number of alkyl halides is 3. The Morgan fingerprint density at radius 2 is 1.20 bits per heavy atom. The van der Waals surface area contributed by atoms with Gasteiger partial charge in [-0.25, -0.2) is 8.42 Å². The molecule has 0 spiro atoms. The molecular formula is C40H50F3O5PPdS-4. The molecule has 2 saturated carbocycles. The SMILES string of the molecule is CC(C)Oc1cccc(OC(C)C)c1-c1ccccc1P(C1CCCCC1)C1CCCCC1.O=S(=O)([O-])C(F)(F)F.[CH-]=[C-][CH-]c1ccccc1.[Pd]. The average Bonchev–Trinajstić information content (AvgIpc) is 3.06. The maximum absolute atomic E-state index is 10.7. The van der Waals surface area contributed by atoms with E-state index in [4.69, 9.17) is 29.0 Å². The van der Waals surface area contributed by atoms with Crippen LogP contribution in [0, 0.1) is 19.1 Å². The molecule has 0 bridgehead atoms. The minimum absolute atomic E-state index is 0. The maximum Gasteiger partial charge on any atom is 0.485 e. The normalized spacial score (nSPS) is 15.5. The Morgan fingerprint density at radius 1 is 0.765 bits per heavy atom. The number of hydrogen-bond acceptors (Lipinski definition) is 5. The minimum atomic E-state index is -6.09. The number of rotatable bonds is 10. The van der Waals surface area contributed by atoms with Crippen LogP contribution in [0.2, 0.25) is 0 Å². The van der Waals surface area contributed by atoms with Crippen LogP contribution in [-0.4, -0.2) is 42.0 Å². The van der Waals surface area contributed by atoms with Crippen molar-refractivity contribution in [3.05, 3.63) is 97.4 Å². The monoisotopic (exact) mass is 836 g/mol. The zero-order chi connectivity index (χ0) is 36.7. The Hall–Kier alpha value is -2.34. The predicted molar refractivity (Wildman–Crippen MR) is 197 cm³/mol. The summed E-state index contributed by atoms with van der Waals surface area (Å²) in [5.74, 6) is 1.91. The molecule has 51 heavy (non-hydrogen) atoms. The van der Waals surface area contributed by atoms with Crippen LogP contribution in [0.3, 0.4) is 0 Å². The van der Waals surface area contributed by atoms with Gasteiger partial charge in [-0.15, -0.1) is 0 Å². The second-order valence-corrected chi connectivity index (χ2v) is 17.2. The molecule has 0 amide bonds. The largest absolute Gasteiger partial charge is 0.741 e. The van der Waals surface area contributed by atoms with Gasteiger partial charge < -0.3 is 38.7 Å². The smallest absolute Gasteiger partial charge is 0.485 e. The number of hydrogen-bond donors (Lipinski definition) is 0. The van der Waals surface area contributed by atoms with E-state index in [0.717, 1.165) is 33.9 Å². The molecule has 2 aliphatic carbocycles. The van der Waals surface area contributed by atoms with Gasteiger partial charge in [0.15, 0.2) is 10.1 Å². The zero-order valence-electron chi connectivity index (χ0n) is 29.8. The van der Waals surface area contributed by atoms with Gasteiger partial charge in [0, 0.05) is 20.4 Å². The third-order valence-electron chi connectivity index (χ3n) is 8.43. The van der Waals surface area contributed by atoms with Gasteiger partial charge in [0.05, 0.1) is 17.8 Å². The van der Waals surface area contributed by atoms with Crippen molar-refractivity contribution in [3.8, 4) is 22.6 Å². The number of allylic oxidation sites excluding steroid dienone is 1. The Morgan fingerprint density at radius 3 is 1.61 bits per heavy atom. The van der Waals surface area contributed by atoms with Crippen molar-refractivity contribution in [2.75, 3.05) is 0 Å². The molecule has 5 nitrogen and oxygen atoms in total. The molecule has 2 aliphatic rings. The van der Waals surface area contributed by atoms with E-state index in [9.17, 15) is 13.2 Å². The summed E-state index contributed by atoms with van der Waals surface area (Å²) in [6, 6.07) is 25.4. The summed E-state index contributed by atoms with van der Waals surface area (Å²) >= 11 is 0. The van der Waals surface area contributed by atoms with Gasteiger partial charge in [0.1, 0.15) is 11.5 Å². The van der Waals surface area contributed by atoms with Gasteiger partial charge in [0.25, 0.3) is 0 Å². The molecule has 5 rings (SSSR count). The van der Waals surface area contributed by atoms with Crippen molar-refractivity contribution < 1.29 is 56.0 Å². The van der Waals surface area contributed by atoms with Crippen LogP contribution >= 0.6 is 7.92 Å². The van der Waals surface area contributed by atoms with E-state index in [0.29, 0.717) is 0 Å². The van der Waals surface area contributed by atoms with Crippen molar-refractivity contribution in [2.24, 2.45) is 0 Å². The minimum Gasteiger partial charge on any atom is -0.741 e. The molecule has 11 heteroatoms. The second-order valence-electron chi connectivity index (χ2n) is 13.1. The van der Waals surface area contributed by atoms with Gasteiger partial charge in [-0.3, -0.25) is 0 Å². The Balaban J connectivity index is 0.000000412. The maximum atomic E-state index is 10.7. The van der Waals surface area contributed by atoms with Crippen LogP contribution in [0.5, 0.6) is 11.5 Å². The zero-order valence-corrected chi connectivity index (χ0v) is 33.1. The molecule has 2 fully saturated rings. The van der Waals surface area contributed by atoms with Crippen molar-refractivity contribution in [1.29, 1.82) is 0 Å². The molecule has 0 heterocycles. The molecule has 0 unspecified atom stereocenters. The predicted octanol–water partition coefficient (Wildman–Crippen LogP) is 10.8. The van der Waals surface area contributed by atoms with Crippen molar-refractivity contribution in [2.45, 2.75) is 121 Å². The summed E-state index contributed by atoms with van der Waals surface area (Å²) in [6.45, 7) is 13.5. The third kappa shape index (κ3) is 14.5. The molecule has 0 aromatic heterocycles. The van der Waals surface area contributed by atoms with Crippen LogP contribution in [0.4, 0.5) is 13.2 Å². The van der Waals surface area contributed by atoms with Crippen molar-refractivity contribution >= 4 is 23.3 Å². The van der Waals surface area contributed by atoms with Crippen LogP contribution < -0.4 is 14.8 Å². The summed E-state index contributed by atoms with van der Waals surface area (Å²) < 4.78 is 71.7. The van der Waals surface area contributed by atoms with E-state index >= 15 is 0 Å². The van der Waals surface area contributed by atoms with Crippen LogP contribution in [-0.2, 0) is 30.5 Å².